The van der Waals surface area contributed by atoms with Gasteiger partial charge in [0, 0.05) is 24.6 Å². The summed E-state index contributed by atoms with van der Waals surface area (Å²) in [5.74, 6) is 5.80. The molecule has 4 N–H and O–H groups in total. The lowest BCUT2D eigenvalue weighted by atomic mass is 10.2. The Kier molecular flexibility index (Phi) is 5.09. The molecule has 0 aromatic carbocycles. The number of thioether (sulfide) groups is 1. The van der Waals surface area contributed by atoms with Crippen molar-refractivity contribution in [3.8, 4) is 0 Å². The average Bonchev–Trinajstić information content (AvgIpc) is 2.69. The van der Waals surface area contributed by atoms with Gasteiger partial charge in [-0.05, 0) is 12.8 Å². The van der Waals surface area contributed by atoms with Crippen molar-refractivity contribution in [2.45, 2.75) is 24.4 Å². The molecule has 0 saturated heterocycles. The minimum atomic E-state index is -0.104. The third-order valence-electron chi connectivity index (χ3n) is 1.67. The van der Waals surface area contributed by atoms with Crippen molar-refractivity contribution in [2.24, 2.45) is 5.84 Å². The summed E-state index contributed by atoms with van der Waals surface area (Å²) in [6.45, 7) is 0. The third-order valence-corrected chi connectivity index (χ3v) is 2.66. The summed E-state index contributed by atoms with van der Waals surface area (Å²) in [4.78, 5) is 17.8. The Balaban J connectivity index is 1.97. The fourth-order valence-electron chi connectivity index (χ4n) is 0.958. The molecule has 1 amide bonds. The molecule has 0 aliphatic heterocycles. The Morgan fingerprint density at radius 2 is 2.50 bits per heavy atom. The fraction of sp³-hybridized carbons (Fsp3) is 0.500. The molecule has 0 bridgehead atoms. The van der Waals surface area contributed by atoms with Gasteiger partial charge in [0.15, 0.2) is 5.16 Å². The number of nitrogens with one attached hydrogen (secondary N) is 2. The molecular weight excluding hydrogens is 200 g/mol. The molecule has 6 heteroatoms. The first-order valence-electron chi connectivity index (χ1n) is 4.44. The molecule has 1 aromatic heterocycles. The molecule has 1 aromatic rings. The number of amides is 1. The first-order chi connectivity index (χ1) is 6.83. The summed E-state index contributed by atoms with van der Waals surface area (Å²) in [7, 11) is 0. The molecular formula is C8H14N4OS. The van der Waals surface area contributed by atoms with Gasteiger partial charge in [0.25, 0.3) is 0 Å². The summed E-state index contributed by atoms with van der Waals surface area (Å²) >= 11 is 1.66. The van der Waals surface area contributed by atoms with E-state index in [1.54, 1.807) is 24.2 Å². The number of carbonyl (C=O) groups excluding carboxylic acids is 1. The minimum Gasteiger partial charge on any atom is -0.340 e. The largest absolute Gasteiger partial charge is 0.340 e. The monoisotopic (exact) mass is 214 g/mol. The van der Waals surface area contributed by atoms with Crippen molar-refractivity contribution in [2.75, 3.05) is 5.75 Å². The van der Waals surface area contributed by atoms with Crippen LogP contribution >= 0.6 is 11.8 Å². The Labute approximate surface area is 86.8 Å². The summed E-state index contributed by atoms with van der Waals surface area (Å²) in [5, 5.41) is 0.924. The lowest BCUT2D eigenvalue weighted by molar-refractivity contribution is -0.121. The van der Waals surface area contributed by atoms with E-state index in [9.17, 15) is 4.79 Å². The van der Waals surface area contributed by atoms with E-state index in [-0.39, 0.29) is 5.91 Å². The number of hydrogen-bond acceptors (Lipinski definition) is 4. The smallest absolute Gasteiger partial charge is 0.233 e. The van der Waals surface area contributed by atoms with Gasteiger partial charge in [-0.1, -0.05) is 11.8 Å². The molecule has 0 radical (unpaired) electrons. The average molecular weight is 214 g/mol. The summed E-state index contributed by atoms with van der Waals surface area (Å²) in [6, 6.07) is 0. The number of unbranched alkanes of at least 4 members (excludes halogenated alkanes) is 1. The maximum atomic E-state index is 10.7. The second kappa shape index (κ2) is 6.44. The second-order valence-corrected chi connectivity index (χ2v) is 3.85. The zero-order valence-corrected chi connectivity index (χ0v) is 8.64. The van der Waals surface area contributed by atoms with Crippen molar-refractivity contribution in [1.82, 2.24) is 15.4 Å². The van der Waals surface area contributed by atoms with Crippen LogP contribution in [-0.4, -0.2) is 21.6 Å². The molecule has 14 heavy (non-hydrogen) atoms. The molecule has 0 fully saturated rings. The van der Waals surface area contributed by atoms with Crippen LogP contribution in [-0.2, 0) is 4.79 Å². The van der Waals surface area contributed by atoms with Crippen molar-refractivity contribution in [3.63, 3.8) is 0 Å². The van der Waals surface area contributed by atoms with Crippen LogP contribution in [0.15, 0.2) is 17.6 Å². The highest BCUT2D eigenvalue weighted by Crippen LogP contribution is 2.13. The van der Waals surface area contributed by atoms with Crippen LogP contribution in [0, 0.1) is 0 Å². The van der Waals surface area contributed by atoms with Gasteiger partial charge < -0.3 is 4.98 Å². The fourth-order valence-corrected chi connectivity index (χ4v) is 1.79. The number of hydrogen-bond donors (Lipinski definition) is 3. The van der Waals surface area contributed by atoms with E-state index in [4.69, 9.17) is 5.84 Å². The highest BCUT2D eigenvalue weighted by molar-refractivity contribution is 7.99. The zero-order valence-electron chi connectivity index (χ0n) is 7.82. The van der Waals surface area contributed by atoms with Gasteiger partial charge in [-0.15, -0.1) is 0 Å². The molecule has 0 aliphatic rings. The number of imidazole rings is 1. The Bertz CT molecular complexity index is 262. The number of aromatic amines is 1. The second-order valence-electron chi connectivity index (χ2n) is 2.77. The molecule has 78 valence electrons. The first kappa shape index (κ1) is 11.1. The highest BCUT2D eigenvalue weighted by atomic mass is 32.2. The van der Waals surface area contributed by atoms with Crippen molar-refractivity contribution < 1.29 is 4.79 Å². The van der Waals surface area contributed by atoms with Crippen LogP contribution in [0.4, 0.5) is 0 Å². The normalized spacial score (nSPS) is 10.1. The van der Waals surface area contributed by atoms with E-state index in [0.29, 0.717) is 6.42 Å². The van der Waals surface area contributed by atoms with Crippen LogP contribution < -0.4 is 11.3 Å². The van der Waals surface area contributed by atoms with Crippen LogP contribution in [0.1, 0.15) is 19.3 Å². The third kappa shape index (κ3) is 4.29. The predicted octanol–water partition coefficient (Wildman–Crippen LogP) is 0.662. The van der Waals surface area contributed by atoms with Gasteiger partial charge >= 0.3 is 0 Å². The molecule has 0 atom stereocenters. The number of nitrogens with two attached hydrogens (primary N) is 1. The van der Waals surface area contributed by atoms with E-state index < -0.39 is 0 Å². The van der Waals surface area contributed by atoms with Gasteiger partial charge in [0.2, 0.25) is 5.91 Å². The number of aromatic nitrogens is 2. The Morgan fingerprint density at radius 3 is 3.14 bits per heavy atom. The van der Waals surface area contributed by atoms with Gasteiger partial charge in [-0.25, -0.2) is 10.8 Å². The molecule has 1 heterocycles. The van der Waals surface area contributed by atoms with E-state index in [1.165, 1.54) is 0 Å². The van der Waals surface area contributed by atoms with Crippen LogP contribution in [0.25, 0.3) is 0 Å². The quantitative estimate of drug-likeness (QED) is 0.213. The first-order valence-corrected chi connectivity index (χ1v) is 5.43. The van der Waals surface area contributed by atoms with E-state index in [0.717, 1.165) is 23.8 Å². The number of nitrogens with zero attached hydrogens (tertiary/aromatic N) is 1. The zero-order chi connectivity index (χ0) is 10.2. The summed E-state index contributed by atoms with van der Waals surface area (Å²) in [5.41, 5.74) is 2.11. The SMILES string of the molecule is NNC(=O)CCCCSc1ncc[nH]1. The number of carbonyl (C=O) groups is 1. The van der Waals surface area contributed by atoms with Gasteiger partial charge in [0.1, 0.15) is 0 Å². The molecule has 0 saturated carbocycles. The highest BCUT2D eigenvalue weighted by Gasteiger charge is 1.99. The van der Waals surface area contributed by atoms with Crippen molar-refractivity contribution in [1.29, 1.82) is 0 Å². The Morgan fingerprint density at radius 1 is 1.64 bits per heavy atom. The lowest BCUT2D eigenvalue weighted by Crippen LogP contribution is -2.29. The lowest BCUT2D eigenvalue weighted by Gasteiger charge is -1.99. The number of hydrazine groups is 1. The maximum Gasteiger partial charge on any atom is 0.233 e. The summed E-state index contributed by atoms with van der Waals surface area (Å²) in [6.07, 6.45) is 5.86. The van der Waals surface area contributed by atoms with E-state index >= 15 is 0 Å². The topological polar surface area (TPSA) is 83.8 Å². The molecule has 1 rings (SSSR count). The number of H-pyrrole nitrogens is 1. The van der Waals surface area contributed by atoms with E-state index in [1.807, 2.05) is 0 Å². The minimum absolute atomic E-state index is 0.104. The molecule has 0 spiro atoms. The molecule has 0 unspecified atom stereocenters. The van der Waals surface area contributed by atoms with Gasteiger partial charge in [0.05, 0.1) is 0 Å². The van der Waals surface area contributed by atoms with Crippen molar-refractivity contribution >= 4 is 17.7 Å². The standard InChI is InChI=1S/C8H14N4OS/c9-12-7(13)3-1-2-6-14-8-10-4-5-11-8/h4-5H,1-3,6,9H2,(H,10,11)(H,12,13). The van der Waals surface area contributed by atoms with Crippen LogP contribution in [0.3, 0.4) is 0 Å². The summed E-state index contributed by atoms with van der Waals surface area (Å²) < 4.78 is 0. The van der Waals surface area contributed by atoms with Crippen LogP contribution in [0.2, 0.25) is 0 Å². The predicted molar refractivity (Wildman–Crippen MR) is 55.5 cm³/mol. The van der Waals surface area contributed by atoms with Crippen molar-refractivity contribution in [3.05, 3.63) is 12.4 Å². The molecule has 0 aliphatic carbocycles. The molecule has 5 nitrogen and oxygen atoms in total. The number of rotatable bonds is 6. The maximum absolute atomic E-state index is 10.7. The van der Waals surface area contributed by atoms with Gasteiger partial charge in [-0.2, -0.15) is 0 Å². The van der Waals surface area contributed by atoms with E-state index in [2.05, 4.69) is 15.4 Å². The Hall–Kier alpha value is -1.01. The van der Waals surface area contributed by atoms with Gasteiger partial charge in [-0.3, -0.25) is 10.2 Å². The van der Waals surface area contributed by atoms with Crippen LogP contribution in [0.5, 0.6) is 0 Å².